The fraction of sp³-hybridized carbons (Fsp3) is 0.923. The van der Waals surface area contributed by atoms with Crippen LogP contribution in [-0.2, 0) is 4.79 Å². The van der Waals surface area contributed by atoms with Gasteiger partial charge >= 0.3 is 0 Å². The second-order valence-electron chi connectivity index (χ2n) is 5.35. The molecule has 100 valence electrons. The highest BCUT2D eigenvalue weighted by Gasteiger charge is 2.25. The van der Waals surface area contributed by atoms with Gasteiger partial charge in [0.05, 0.1) is 0 Å². The molecule has 0 atom stereocenters. The van der Waals surface area contributed by atoms with Crippen LogP contribution in [0.5, 0.6) is 0 Å². The first kappa shape index (κ1) is 14.5. The van der Waals surface area contributed by atoms with Crippen molar-refractivity contribution in [1.29, 1.82) is 0 Å². The fourth-order valence-corrected chi connectivity index (χ4v) is 2.45. The van der Waals surface area contributed by atoms with E-state index in [2.05, 4.69) is 10.2 Å². The molecule has 17 heavy (non-hydrogen) atoms. The van der Waals surface area contributed by atoms with Crippen LogP contribution in [0.15, 0.2) is 0 Å². The Bertz CT molecular complexity index is 235. The third-order valence-electron chi connectivity index (χ3n) is 3.82. The van der Waals surface area contributed by atoms with E-state index < -0.39 is 0 Å². The van der Waals surface area contributed by atoms with E-state index in [4.69, 9.17) is 0 Å². The van der Waals surface area contributed by atoms with Crippen LogP contribution in [0.3, 0.4) is 0 Å². The first-order valence-corrected chi connectivity index (χ1v) is 6.62. The van der Waals surface area contributed by atoms with Crippen molar-refractivity contribution in [2.24, 2.45) is 0 Å². The number of rotatable bonds is 5. The smallest absolute Gasteiger partial charge is 0.223 e. The monoisotopic (exact) mass is 241 g/mol. The lowest BCUT2D eigenvalue weighted by atomic mass is 9.90. The molecule has 1 saturated carbocycles. The second kappa shape index (κ2) is 6.97. The summed E-state index contributed by atoms with van der Waals surface area (Å²) in [5, 5.41) is 3.32. The molecule has 1 N–H and O–H groups in total. The Hall–Kier alpha value is -0.610. The molecule has 0 bridgehead atoms. The maximum atomic E-state index is 12.0. The van der Waals surface area contributed by atoms with Crippen molar-refractivity contribution in [3.63, 3.8) is 0 Å². The Morgan fingerprint density at radius 2 is 1.76 bits per heavy atom. The Kier molecular flexibility index (Phi) is 5.92. The van der Waals surface area contributed by atoms with Gasteiger partial charge in [-0.25, -0.2) is 0 Å². The quantitative estimate of drug-likeness (QED) is 0.778. The number of carbonyl (C=O) groups is 1. The van der Waals surface area contributed by atoms with Crippen molar-refractivity contribution in [3.05, 3.63) is 0 Å². The lowest BCUT2D eigenvalue weighted by molar-refractivity contribution is -0.132. The summed E-state index contributed by atoms with van der Waals surface area (Å²) >= 11 is 0. The van der Waals surface area contributed by atoms with Crippen molar-refractivity contribution in [3.8, 4) is 0 Å². The normalized spacial score (nSPS) is 25.0. The van der Waals surface area contributed by atoms with Gasteiger partial charge in [-0.15, -0.1) is 0 Å². The molecular formula is C13H27N3O. The van der Waals surface area contributed by atoms with E-state index in [1.165, 1.54) is 12.8 Å². The minimum absolute atomic E-state index is 0.284. The maximum absolute atomic E-state index is 12.0. The van der Waals surface area contributed by atoms with E-state index in [9.17, 15) is 4.79 Å². The standard InChI is InChI=1S/C13H27N3O/c1-14-11-5-7-12(8-6-11)16(4)13(17)9-10-15(2)3/h11-12,14H,5-10H2,1-4H3. The number of nitrogens with one attached hydrogen (secondary N) is 1. The number of hydrogen-bond acceptors (Lipinski definition) is 3. The fourth-order valence-electron chi connectivity index (χ4n) is 2.45. The van der Waals surface area contributed by atoms with E-state index in [0.717, 1.165) is 19.4 Å². The number of carbonyl (C=O) groups excluding carboxylic acids is 1. The van der Waals surface area contributed by atoms with Crippen LogP contribution in [-0.4, -0.2) is 62.5 Å². The number of nitrogens with zero attached hydrogens (tertiary/aromatic N) is 2. The summed E-state index contributed by atoms with van der Waals surface area (Å²) in [5.74, 6) is 0.284. The molecule has 0 spiro atoms. The average Bonchev–Trinajstić information content (AvgIpc) is 2.35. The van der Waals surface area contributed by atoms with Crippen LogP contribution in [0.1, 0.15) is 32.1 Å². The van der Waals surface area contributed by atoms with Crippen molar-refractivity contribution < 1.29 is 4.79 Å². The maximum Gasteiger partial charge on any atom is 0.223 e. The van der Waals surface area contributed by atoms with E-state index in [1.807, 2.05) is 33.1 Å². The van der Waals surface area contributed by atoms with Gasteiger partial charge < -0.3 is 15.1 Å². The Labute approximate surface area is 105 Å². The number of amides is 1. The first-order chi connectivity index (χ1) is 8.04. The molecule has 1 aliphatic carbocycles. The van der Waals surface area contributed by atoms with Crippen LogP contribution in [0.4, 0.5) is 0 Å². The summed E-state index contributed by atoms with van der Waals surface area (Å²) in [5.41, 5.74) is 0. The van der Waals surface area contributed by atoms with Crippen molar-refractivity contribution in [1.82, 2.24) is 15.1 Å². The zero-order valence-electron chi connectivity index (χ0n) is 11.7. The molecule has 0 aromatic heterocycles. The van der Waals surface area contributed by atoms with Crippen molar-refractivity contribution >= 4 is 5.91 Å². The predicted octanol–water partition coefficient (Wildman–Crippen LogP) is 0.927. The Morgan fingerprint density at radius 1 is 1.18 bits per heavy atom. The molecule has 0 aliphatic heterocycles. The number of hydrogen-bond donors (Lipinski definition) is 1. The zero-order chi connectivity index (χ0) is 12.8. The highest BCUT2D eigenvalue weighted by atomic mass is 16.2. The summed E-state index contributed by atoms with van der Waals surface area (Å²) in [7, 11) is 8.00. The summed E-state index contributed by atoms with van der Waals surface area (Å²) in [6.07, 6.45) is 5.28. The molecule has 1 aliphatic rings. The van der Waals surface area contributed by atoms with Gasteiger partial charge in [0.25, 0.3) is 0 Å². The van der Waals surface area contributed by atoms with Crippen LogP contribution in [0.2, 0.25) is 0 Å². The minimum atomic E-state index is 0.284. The van der Waals surface area contributed by atoms with E-state index >= 15 is 0 Å². The molecule has 0 saturated heterocycles. The van der Waals surface area contributed by atoms with Crippen molar-refractivity contribution in [2.75, 3.05) is 34.7 Å². The SMILES string of the molecule is CNC1CCC(N(C)C(=O)CCN(C)C)CC1. The van der Waals surface area contributed by atoms with Crippen LogP contribution < -0.4 is 5.32 Å². The van der Waals surface area contributed by atoms with Gasteiger partial charge in [-0.3, -0.25) is 4.79 Å². The van der Waals surface area contributed by atoms with Gasteiger partial charge in [-0.05, 0) is 46.8 Å². The third kappa shape index (κ3) is 4.64. The summed E-state index contributed by atoms with van der Waals surface area (Å²) < 4.78 is 0. The topological polar surface area (TPSA) is 35.6 Å². The zero-order valence-corrected chi connectivity index (χ0v) is 11.7. The van der Waals surface area contributed by atoms with E-state index in [0.29, 0.717) is 18.5 Å². The minimum Gasteiger partial charge on any atom is -0.343 e. The van der Waals surface area contributed by atoms with Crippen molar-refractivity contribution in [2.45, 2.75) is 44.2 Å². The predicted molar refractivity (Wildman–Crippen MR) is 71.0 cm³/mol. The highest BCUT2D eigenvalue weighted by molar-refractivity contribution is 5.76. The highest BCUT2D eigenvalue weighted by Crippen LogP contribution is 2.22. The molecule has 0 aromatic carbocycles. The molecule has 0 radical (unpaired) electrons. The molecule has 4 nitrogen and oxygen atoms in total. The van der Waals surface area contributed by atoms with Crippen LogP contribution in [0, 0.1) is 0 Å². The summed E-state index contributed by atoms with van der Waals surface area (Å²) in [4.78, 5) is 16.0. The molecule has 1 rings (SSSR count). The van der Waals surface area contributed by atoms with Gasteiger partial charge in [0.2, 0.25) is 5.91 Å². The first-order valence-electron chi connectivity index (χ1n) is 6.62. The Balaban J connectivity index is 2.32. The second-order valence-corrected chi connectivity index (χ2v) is 5.35. The van der Waals surface area contributed by atoms with Gasteiger partial charge in [0.15, 0.2) is 0 Å². The van der Waals surface area contributed by atoms with Crippen LogP contribution in [0.25, 0.3) is 0 Å². The Morgan fingerprint density at radius 3 is 2.24 bits per heavy atom. The molecule has 1 fully saturated rings. The lowest BCUT2D eigenvalue weighted by Gasteiger charge is -2.34. The van der Waals surface area contributed by atoms with Gasteiger partial charge in [0, 0.05) is 32.1 Å². The molecule has 1 amide bonds. The van der Waals surface area contributed by atoms with Gasteiger partial charge in [-0.1, -0.05) is 0 Å². The summed E-state index contributed by atoms with van der Waals surface area (Å²) in [6, 6.07) is 1.10. The van der Waals surface area contributed by atoms with Gasteiger partial charge in [0.1, 0.15) is 0 Å². The summed E-state index contributed by atoms with van der Waals surface area (Å²) in [6.45, 7) is 0.842. The largest absolute Gasteiger partial charge is 0.343 e. The van der Waals surface area contributed by atoms with Gasteiger partial charge in [-0.2, -0.15) is 0 Å². The third-order valence-corrected chi connectivity index (χ3v) is 3.82. The lowest BCUT2D eigenvalue weighted by Crippen LogP contribution is -2.43. The van der Waals surface area contributed by atoms with E-state index in [1.54, 1.807) is 0 Å². The molecule has 4 heteroatoms. The van der Waals surface area contributed by atoms with Crippen LogP contribution >= 0.6 is 0 Å². The molecular weight excluding hydrogens is 214 g/mol. The molecule has 0 unspecified atom stereocenters. The van der Waals surface area contributed by atoms with E-state index in [-0.39, 0.29) is 5.91 Å². The molecule has 0 heterocycles. The molecule has 0 aromatic rings. The average molecular weight is 241 g/mol.